The Bertz CT molecular complexity index is 468. The Morgan fingerprint density at radius 2 is 1.38 bits per heavy atom. The van der Waals surface area contributed by atoms with Gasteiger partial charge in [-0.05, 0) is 37.0 Å². The van der Waals surface area contributed by atoms with E-state index in [2.05, 4.69) is 6.92 Å². The van der Waals surface area contributed by atoms with E-state index in [0.29, 0.717) is 18.6 Å². The summed E-state index contributed by atoms with van der Waals surface area (Å²) in [6.45, 7) is 2.24. The maximum Gasteiger partial charge on any atom is 0.157 e. The first-order valence-electron chi connectivity index (χ1n) is 9.66. The van der Waals surface area contributed by atoms with Gasteiger partial charge in [0.05, 0.1) is 0 Å². The molecule has 1 aromatic rings. The molecular formula is C21H34O3. The van der Waals surface area contributed by atoms with Crippen LogP contribution in [0.1, 0.15) is 89.5 Å². The molecule has 1 rings (SSSR count). The Labute approximate surface area is 147 Å². The van der Waals surface area contributed by atoms with Crippen LogP contribution in [0.4, 0.5) is 0 Å². The van der Waals surface area contributed by atoms with Crippen molar-refractivity contribution in [3.05, 3.63) is 23.8 Å². The number of phenols is 2. The van der Waals surface area contributed by atoms with Gasteiger partial charge in [-0.1, -0.05) is 64.4 Å². The maximum atomic E-state index is 11.9. The molecule has 0 aliphatic heterocycles. The van der Waals surface area contributed by atoms with Gasteiger partial charge in [-0.15, -0.1) is 0 Å². The van der Waals surface area contributed by atoms with Crippen molar-refractivity contribution in [2.75, 3.05) is 0 Å². The zero-order valence-electron chi connectivity index (χ0n) is 15.2. The van der Waals surface area contributed by atoms with Gasteiger partial charge < -0.3 is 10.2 Å². The van der Waals surface area contributed by atoms with Crippen LogP contribution in [-0.4, -0.2) is 16.0 Å². The molecule has 1 aromatic carbocycles. The number of unbranched alkanes of at least 4 members (excludes halogenated alkanes) is 8. The maximum absolute atomic E-state index is 11.9. The minimum Gasteiger partial charge on any atom is -0.504 e. The van der Waals surface area contributed by atoms with Crippen LogP contribution in [-0.2, 0) is 11.2 Å². The molecule has 0 saturated carbocycles. The van der Waals surface area contributed by atoms with Crippen LogP contribution < -0.4 is 0 Å². The van der Waals surface area contributed by atoms with Gasteiger partial charge in [0.15, 0.2) is 11.5 Å². The first-order valence-corrected chi connectivity index (χ1v) is 9.66. The van der Waals surface area contributed by atoms with E-state index < -0.39 is 0 Å². The third kappa shape index (κ3) is 9.59. The topological polar surface area (TPSA) is 57.5 Å². The predicted octanol–water partition coefficient (Wildman–Crippen LogP) is 5.91. The van der Waals surface area contributed by atoms with Crippen molar-refractivity contribution in [3.63, 3.8) is 0 Å². The molecule has 0 spiro atoms. The predicted molar refractivity (Wildman–Crippen MR) is 99.6 cm³/mol. The van der Waals surface area contributed by atoms with Crippen molar-refractivity contribution in [2.24, 2.45) is 0 Å². The number of benzene rings is 1. The van der Waals surface area contributed by atoms with Crippen molar-refractivity contribution in [1.29, 1.82) is 0 Å². The normalized spacial score (nSPS) is 10.9. The summed E-state index contributed by atoms with van der Waals surface area (Å²) in [5.74, 6) is 0.162. The summed E-state index contributed by atoms with van der Waals surface area (Å²) in [6.07, 6.45) is 14.4. The molecule has 0 saturated heterocycles. The van der Waals surface area contributed by atoms with Crippen LogP contribution in [0.3, 0.4) is 0 Å². The van der Waals surface area contributed by atoms with Crippen molar-refractivity contribution < 1.29 is 15.0 Å². The Kier molecular flexibility index (Phi) is 11.0. The minimum atomic E-state index is -0.0970. The molecule has 0 unspecified atom stereocenters. The van der Waals surface area contributed by atoms with E-state index in [4.69, 9.17) is 0 Å². The number of carbonyl (C=O) groups is 1. The molecule has 0 heterocycles. The highest BCUT2D eigenvalue weighted by Gasteiger charge is 2.04. The van der Waals surface area contributed by atoms with E-state index in [1.54, 1.807) is 12.1 Å². The van der Waals surface area contributed by atoms with Crippen molar-refractivity contribution in [2.45, 2.75) is 90.4 Å². The van der Waals surface area contributed by atoms with E-state index in [9.17, 15) is 15.0 Å². The smallest absolute Gasteiger partial charge is 0.157 e. The Balaban J connectivity index is 1.97. The monoisotopic (exact) mass is 334 g/mol. The fourth-order valence-corrected chi connectivity index (χ4v) is 2.97. The number of hydrogen-bond acceptors (Lipinski definition) is 3. The van der Waals surface area contributed by atoms with E-state index in [-0.39, 0.29) is 11.5 Å². The van der Waals surface area contributed by atoms with Crippen LogP contribution in [0.2, 0.25) is 0 Å². The van der Waals surface area contributed by atoms with Gasteiger partial charge in [-0.2, -0.15) is 0 Å². The molecule has 2 N–H and O–H groups in total. The zero-order valence-corrected chi connectivity index (χ0v) is 15.2. The molecule has 0 aliphatic carbocycles. The second kappa shape index (κ2) is 12.9. The molecular weight excluding hydrogens is 300 g/mol. The van der Waals surface area contributed by atoms with Crippen LogP contribution in [0.15, 0.2) is 18.2 Å². The number of aromatic hydroxyl groups is 2. The second-order valence-corrected chi connectivity index (χ2v) is 6.79. The largest absolute Gasteiger partial charge is 0.504 e. The average molecular weight is 334 g/mol. The minimum absolute atomic E-state index is 0.0893. The fourth-order valence-electron chi connectivity index (χ4n) is 2.97. The number of ketones is 1. The lowest BCUT2D eigenvalue weighted by Crippen LogP contribution is -1.99. The summed E-state index contributed by atoms with van der Waals surface area (Å²) >= 11 is 0. The SMILES string of the molecule is CCCCCCCCCCCC(=O)CCCc1ccc(O)c(O)c1. The van der Waals surface area contributed by atoms with Gasteiger partial charge in [-0.25, -0.2) is 0 Å². The number of aryl methyl sites for hydroxylation is 1. The number of Topliss-reactive ketones (excluding diaryl/α,β-unsaturated/α-hetero) is 1. The summed E-state index contributed by atoms with van der Waals surface area (Å²) in [7, 11) is 0. The van der Waals surface area contributed by atoms with Gasteiger partial charge in [0, 0.05) is 12.8 Å². The third-order valence-corrected chi connectivity index (χ3v) is 4.52. The molecule has 136 valence electrons. The summed E-state index contributed by atoms with van der Waals surface area (Å²) < 4.78 is 0. The van der Waals surface area contributed by atoms with Crippen LogP contribution in [0.5, 0.6) is 11.5 Å². The highest BCUT2D eigenvalue weighted by molar-refractivity contribution is 5.78. The van der Waals surface area contributed by atoms with E-state index in [1.807, 2.05) is 0 Å². The van der Waals surface area contributed by atoms with Gasteiger partial charge in [0.1, 0.15) is 5.78 Å². The van der Waals surface area contributed by atoms with Gasteiger partial charge >= 0.3 is 0 Å². The van der Waals surface area contributed by atoms with Crippen LogP contribution in [0.25, 0.3) is 0 Å². The van der Waals surface area contributed by atoms with E-state index >= 15 is 0 Å². The van der Waals surface area contributed by atoms with Gasteiger partial charge in [0.2, 0.25) is 0 Å². The second-order valence-electron chi connectivity index (χ2n) is 6.79. The highest BCUT2D eigenvalue weighted by Crippen LogP contribution is 2.25. The lowest BCUT2D eigenvalue weighted by atomic mass is 10.0. The van der Waals surface area contributed by atoms with E-state index in [0.717, 1.165) is 24.8 Å². The summed E-state index contributed by atoms with van der Waals surface area (Å²) in [5.41, 5.74) is 0.959. The average Bonchev–Trinajstić information content (AvgIpc) is 2.56. The number of hydrogen-bond donors (Lipinski definition) is 2. The lowest BCUT2D eigenvalue weighted by Gasteiger charge is -2.04. The fraction of sp³-hybridized carbons (Fsp3) is 0.667. The molecule has 24 heavy (non-hydrogen) atoms. The Morgan fingerprint density at radius 1 is 0.792 bits per heavy atom. The standard InChI is InChI=1S/C21H34O3/c1-2-3-4-5-6-7-8-9-10-13-19(22)14-11-12-18-15-16-20(23)21(24)17-18/h15-17,23-24H,2-14H2,1H3. The first-order chi connectivity index (χ1) is 11.6. The molecule has 0 bridgehead atoms. The Morgan fingerprint density at radius 3 is 2.00 bits per heavy atom. The quantitative estimate of drug-likeness (QED) is 0.328. The molecule has 3 heteroatoms. The molecule has 0 aromatic heterocycles. The molecule has 0 fully saturated rings. The first kappa shape index (κ1) is 20.5. The van der Waals surface area contributed by atoms with Crippen molar-refractivity contribution >= 4 is 5.78 Å². The molecule has 3 nitrogen and oxygen atoms in total. The third-order valence-electron chi connectivity index (χ3n) is 4.52. The van der Waals surface area contributed by atoms with Gasteiger partial charge in [-0.3, -0.25) is 4.79 Å². The summed E-state index contributed by atoms with van der Waals surface area (Å²) in [6, 6.07) is 4.86. The molecule has 0 atom stereocenters. The number of rotatable bonds is 14. The van der Waals surface area contributed by atoms with Crippen molar-refractivity contribution in [3.8, 4) is 11.5 Å². The molecule has 0 radical (unpaired) electrons. The van der Waals surface area contributed by atoms with Gasteiger partial charge in [0.25, 0.3) is 0 Å². The van der Waals surface area contributed by atoms with Crippen molar-refractivity contribution in [1.82, 2.24) is 0 Å². The van der Waals surface area contributed by atoms with E-state index in [1.165, 1.54) is 57.4 Å². The molecule has 0 aliphatic rings. The molecule has 0 amide bonds. The van der Waals surface area contributed by atoms with Crippen LogP contribution in [0, 0.1) is 0 Å². The van der Waals surface area contributed by atoms with Crippen LogP contribution >= 0.6 is 0 Å². The highest BCUT2D eigenvalue weighted by atomic mass is 16.3. The lowest BCUT2D eigenvalue weighted by molar-refractivity contribution is -0.119. The summed E-state index contributed by atoms with van der Waals surface area (Å²) in [5, 5.41) is 18.7. The number of phenolic OH excluding ortho intramolecular Hbond substituents is 2. The zero-order chi connectivity index (χ0) is 17.6. The summed E-state index contributed by atoms with van der Waals surface area (Å²) in [4.78, 5) is 11.9. The Hall–Kier alpha value is -1.51. The number of carbonyl (C=O) groups excluding carboxylic acids is 1.